The molecule has 0 fully saturated rings. The zero-order chi connectivity index (χ0) is 18.4. The molecule has 0 aliphatic carbocycles. The molecule has 0 radical (unpaired) electrons. The summed E-state index contributed by atoms with van der Waals surface area (Å²) in [5, 5.41) is 3.44. The number of nitrogens with one attached hydrogen (secondary N) is 1. The molecule has 5 nitrogen and oxygen atoms in total. The predicted molar refractivity (Wildman–Crippen MR) is 124 cm³/mol. The maximum atomic E-state index is 4.40. The molecular weight excluding hydrogens is 505 g/mol. The molecule has 1 heterocycles. The van der Waals surface area contributed by atoms with E-state index < -0.39 is 0 Å². The standard InChI is InChI=1S/C19H28BrN5.HI/c1-21-19(25(5)14-18-10-17(20)13-24(18)4)22-11-15-6-8-16(9-7-15)12-23(2)3;/h6-10,13H,11-12,14H2,1-5H3,(H,21,22);1H. The Labute approximate surface area is 182 Å². The van der Waals surface area contributed by atoms with Crippen molar-refractivity contribution in [3.8, 4) is 0 Å². The summed E-state index contributed by atoms with van der Waals surface area (Å²) in [5.74, 6) is 0.884. The van der Waals surface area contributed by atoms with E-state index in [9.17, 15) is 0 Å². The third-order valence-electron chi connectivity index (χ3n) is 4.02. The van der Waals surface area contributed by atoms with E-state index in [1.807, 2.05) is 7.05 Å². The molecule has 2 rings (SSSR count). The molecule has 0 amide bonds. The van der Waals surface area contributed by atoms with E-state index in [1.165, 1.54) is 16.8 Å². The van der Waals surface area contributed by atoms with E-state index in [2.05, 4.69) is 105 Å². The molecule has 0 aliphatic heterocycles. The van der Waals surface area contributed by atoms with Crippen molar-refractivity contribution in [3.63, 3.8) is 0 Å². The lowest BCUT2D eigenvalue weighted by Crippen LogP contribution is -2.38. The molecule has 26 heavy (non-hydrogen) atoms. The van der Waals surface area contributed by atoms with Crippen molar-refractivity contribution in [1.82, 2.24) is 19.7 Å². The lowest BCUT2D eigenvalue weighted by molar-refractivity contribution is 0.402. The second-order valence-corrected chi connectivity index (χ2v) is 7.49. The highest BCUT2D eigenvalue weighted by Gasteiger charge is 2.09. The van der Waals surface area contributed by atoms with Crippen LogP contribution in [0.25, 0.3) is 0 Å². The molecule has 2 aromatic rings. The maximum Gasteiger partial charge on any atom is 0.194 e. The molecule has 0 saturated carbocycles. The Kier molecular flexibility index (Phi) is 9.67. The number of aromatic nitrogens is 1. The Balaban J connectivity index is 0.00000338. The van der Waals surface area contributed by atoms with Crippen LogP contribution in [0.3, 0.4) is 0 Å². The third kappa shape index (κ3) is 6.92. The molecule has 144 valence electrons. The molecular formula is C19H29BrIN5. The summed E-state index contributed by atoms with van der Waals surface area (Å²) in [4.78, 5) is 8.70. The van der Waals surface area contributed by atoms with Crippen molar-refractivity contribution in [2.24, 2.45) is 12.0 Å². The minimum absolute atomic E-state index is 0. The third-order valence-corrected chi connectivity index (χ3v) is 4.45. The van der Waals surface area contributed by atoms with Crippen molar-refractivity contribution in [1.29, 1.82) is 0 Å². The Morgan fingerprint density at radius 1 is 1.12 bits per heavy atom. The van der Waals surface area contributed by atoms with Gasteiger partial charge in [-0.25, -0.2) is 0 Å². The van der Waals surface area contributed by atoms with E-state index in [4.69, 9.17) is 0 Å². The van der Waals surface area contributed by atoms with Gasteiger partial charge in [0, 0.05) is 50.6 Å². The first-order valence-electron chi connectivity index (χ1n) is 8.34. The number of guanidine groups is 1. The van der Waals surface area contributed by atoms with Gasteiger partial charge in [0.2, 0.25) is 0 Å². The second-order valence-electron chi connectivity index (χ2n) is 6.57. The lowest BCUT2D eigenvalue weighted by atomic mass is 10.1. The van der Waals surface area contributed by atoms with E-state index in [0.29, 0.717) is 0 Å². The Hall–Kier alpha value is -1.06. The molecule has 0 atom stereocenters. The van der Waals surface area contributed by atoms with Crippen LogP contribution in [0.4, 0.5) is 0 Å². The molecule has 7 heteroatoms. The molecule has 1 aromatic carbocycles. The highest BCUT2D eigenvalue weighted by atomic mass is 127. The SMILES string of the molecule is CN=C(NCc1ccc(CN(C)C)cc1)N(C)Cc1cc(Br)cn1C.I. The topological polar surface area (TPSA) is 35.8 Å². The molecule has 0 saturated heterocycles. The number of hydrogen-bond donors (Lipinski definition) is 1. The molecule has 0 aliphatic rings. The van der Waals surface area contributed by atoms with Crippen molar-refractivity contribution in [2.45, 2.75) is 19.6 Å². The number of aryl methyl sites for hydroxylation is 1. The average Bonchev–Trinajstić information content (AvgIpc) is 2.86. The van der Waals surface area contributed by atoms with Crippen molar-refractivity contribution >= 4 is 45.9 Å². The van der Waals surface area contributed by atoms with Gasteiger partial charge in [-0.2, -0.15) is 0 Å². The van der Waals surface area contributed by atoms with Crippen LogP contribution in [0.2, 0.25) is 0 Å². The lowest BCUT2D eigenvalue weighted by Gasteiger charge is -2.22. The quantitative estimate of drug-likeness (QED) is 0.349. The summed E-state index contributed by atoms with van der Waals surface area (Å²) in [6.45, 7) is 2.52. The normalized spacial score (nSPS) is 11.4. The van der Waals surface area contributed by atoms with Gasteiger partial charge in [-0.1, -0.05) is 24.3 Å². The Bertz CT molecular complexity index is 709. The van der Waals surface area contributed by atoms with Crippen LogP contribution in [0, 0.1) is 0 Å². The molecule has 1 aromatic heterocycles. The monoisotopic (exact) mass is 533 g/mol. The zero-order valence-corrected chi connectivity index (χ0v) is 20.1. The van der Waals surface area contributed by atoms with E-state index in [0.717, 1.165) is 30.1 Å². The van der Waals surface area contributed by atoms with Gasteiger partial charge >= 0.3 is 0 Å². The van der Waals surface area contributed by atoms with Gasteiger partial charge in [-0.15, -0.1) is 24.0 Å². The average molecular weight is 534 g/mol. The van der Waals surface area contributed by atoms with Crippen molar-refractivity contribution < 1.29 is 0 Å². The summed E-state index contributed by atoms with van der Waals surface area (Å²) in [7, 11) is 10.1. The summed E-state index contributed by atoms with van der Waals surface area (Å²) in [6, 6.07) is 10.9. The van der Waals surface area contributed by atoms with Gasteiger partial charge in [-0.05, 0) is 47.2 Å². The number of hydrogen-bond acceptors (Lipinski definition) is 2. The second kappa shape index (κ2) is 10.9. The van der Waals surface area contributed by atoms with Crippen LogP contribution in [0.1, 0.15) is 16.8 Å². The van der Waals surface area contributed by atoms with Crippen LogP contribution >= 0.6 is 39.9 Å². The largest absolute Gasteiger partial charge is 0.352 e. The summed E-state index contributed by atoms with van der Waals surface area (Å²) in [5.41, 5.74) is 3.80. The summed E-state index contributed by atoms with van der Waals surface area (Å²) >= 11 is 3.52. The number of benzene rings is 1. The predicted octanol–water partition coefficient (Wildman–Crippen LogP) is 3.67. The fraction of sp³-hybridized carbons (Fsp3) is 0.421. The zero-order valence-electron chi connectivity index (χ0n) is 16.2. The van der Waals surface area contributed by atoms with Gasteiger partial charge in [0.1, 0.15) is 0 Å². The van der Waals surface area contributed by atoms with Gasteiger partial charge in [0.05, 0.1) is 6.54 Å². The number of rotatable bonds is 6. The van der Waals surface area contributed by atoms with Gasteiger partial charge in [-0.3, -0.25) is 4.99 Å². The summed E-state index contributed by atoms with van der Waals surface area (Å²) < 4.78 is 3.22. The van der Waals surface area contributed by atoms with Crippen LogP contribution < -0.4 is 5.32 Å². The minimum Gasteiger partial charge on any atom is -0.352 e. The molecule has 0 spiro atoms. The van der Waals surface area contributed by atoms with Crippen LogP contribution in [0.5, 0.6) is 0 Å². The summed E-state index contributed by atoms with van der Waals surface area (Å²) in [6.07, 6.45) is 2.06. The maximum absolute atomic E-state index is 4.40. The van der Waals surface area contributed by atoms with Crippen LogP contribution in [-0.2, 0) is 26.7 Å². The van der Waals surface area contributed by atoms with Crippen LogP contribution in [-0.4, -0.2) is 48.5 Å². The van der Waals surface area contributed by atoms with Crippen molar-refractivity contribution in [3.05, 3.63) is 57.8 Å². The smallest absolute Gasteiger partial charge is 0.194 e. The number of halogens is 2. The number of aliphatic imine (C=N–C) groups is 1. The van der Waals surface area contributed by atoms with Crippen molar-refractivity contribution in [2.75, 3.05) is 28.2 Å². The Morgan fingerprint density at radius 3 is 2.23 bits per heavy atom. The van der Waals surface area contributed by atoms with Gasteiger partial charge < -0.3 is 19.7 Å². The highest BCUT2D eigenvalue weighted by molar-refractivity contribution is 14.0. The minimum atomic E-state index is 0. The molecule has 0 unspecified atom stereocenters. The molecule has 0 bridgehead atoms. The van der Waals surface area contributed by atoms with E-state index in [-0.39, 0.29) is 24.0 Å². The van der Waals surface area contributed by atoms with E-state index >= 15 is 0 Å². The van der Waals surface area contributed by atoms with Gasteiger partial charge in [0.15, 0.2) is 5.96 Å². The number of nitrogens with zero attached hydrogens (tertiary/aromatic N) is 4. The molecule has 1 N–H and O–H groups in total. The van der Waals surface area contributed by atoms with Gasteiger partial charge in [0.25, 0.3) is 0 Å². The fourth-order valence-corrected chi connectivity index (χ4v) is 3.31. The van der Waals surface area contributed by atoms with E-state index in [1.54, 1.807) is 0 Å². The first-order valence-corrected chi connectivity index (χ1v) is 9.13. The fourth-order valence-electron chi connectivity index (χ4n) is 2.73. The first-order chi connectivity index (χ1) is 11.9. The highest BCUT2D eigenvalue weighted by Crippen LogP contribution is 2.15. The first kappa shape index (κ1) is 23.0. The Morgan fingerprint density at radius 2 is 1.73 bits per heavy atom. The van der Waals surface area contributed by atoms with Crippen LogP contribution in [0.15, 0.2) is 46.0 Å².